The van der Waals surface area contributed by atoms with Crippen LogP contribution >= 0.6 is 0 Å². The quantitative estimate of drug-likeness (QED) is 0.246. The minimum atomic E-state index is -0.395. The number of esters is 1. The van der Waals surface area contributed by atoms with Crippen molar-refractivity contribution in [1.82, 2.24) is 0 Å². The van der Waals surface area contributed by atoms with E-state index in [-0.39, 0.29) is 11.5 Å². The fourth-order valence-electron chi connectivity index (χ4n) is 4.41. The van der Waals surface area contributed by atoms with E-state index >= 15 is 0 Å². The summed E-state index contributed by atoms with van der Waals surface area (Å²) in [6, 6.07) is 27.8. The number of phenolic OH excluding ortho intramolecular Hbond substituents is 1. The molecule has 0 aliphatic heterocycles. The number of phenols is 1. The molecule has 0 aromatic heterocycles. The molecule has 0 atom stereocenters. The summed E-state index contributed by atoms with van der Waals surface area (Å²) in [5, 5.41) is 11.1. The number of aryl methyl sites for hydroxylation is 4. The Bertz CT molecular complexity index is 1360. The van der Waals surface area contributed by atoms with Gasteiger partial charge in [-0.15, -0.1) is 0 Å². The van der Waals surface area contributed by atoms with Gasteiger partial charge in [0.15, 0.2) is 5.78 Å². The summed E-state index contributed by atoms with van der Waals surface area (Å²) < 4.78 is 5.79. The molecule has 0 amide bonds. The molecule has 4 aromatic carbocycles. The molecule has 0 fully saturated rings. The zero-order chi connectivity index (χ0) is 23.5. The highest BCUT2D eigenvalue weighted by Gasteiger charge is 2.22. The molecule has 0 heterocycles. The molecule has 4 aromatic rings. The van der Waals surface area contributed by atoms with Crippen LogP contribution in [0.3, 0.4) is 0 Å². The van der Waals surface area contributed by atoms with Gasteiger partial charge in [0.25, 0.3) is 0 Å². The molecule has 4 bridgehead atoms. The van der Waals surface area contributed by atoms with Crippen LogP contribution in [-0.4, -0.2) is 16.9 Å². The first-order valence-corrected chi connectivity index (χ1v) is 11.4. The van der Waals surface area contributed by atoms with E-state index in [1.54, 1.807) is 36.4 Å². The van der Waals surface area contributed by atoms with E-state index in [9.17, 15) is 14.7 Å². The van der Waals surface area contributed by atoms with E-state index in [0.29, 0.717) is 53.7 Å². The molecule has 168 valence electrons. The van der Waals surface area contributed by atoms with Crippen LogP contribution < -0.4 is 4.74 Å². The SMILES string of the molecule is O=C(Oc1cc2ccc1CCc1ccc(c(C(=O)c3ccccc3)c1O)CC2)c1ccccc1. The van der Waals surface area contributed by atoms with Crippen molar-refractivity contribution in [3.63, 3.8) is 0 Å². The second-order valence-electron chi connectivity index (χ2n) is 8.50. The number of ether oxygens (including phenoxy) is 1. The molecule has 34 heavy (non-hydrogen) atoms. The Morgan fingerprint density at radius 2 is 1.24 bits per heavy atom. The molecule has 0 saturated carbocycles. The third-order valence-electron chi connectivity index (χ3n) is 6.30. The molecular formula is C30H24O4. The minimum Gasteiger partial charge on any atom is -0.507 e. The third-order valence-corrected chi connectivity index (χ3v) is 6.30. The van der Waals surface area contributed by atoms with E-state index in [1.807, 2.05) is 54.6 Å². The van der Waals surface area contributed by atoms with Gasteiger partial charge >= 0.3 is 5.97 Å². The average Bonchev–Trinajstić information content (AvgIpc) is 2.87. The van der Waals surface area contributed by atoms with Gasteiger partial charge in [-0.3, -0.25) is 4.79 Å². The van der Waals surface area contributed by atoms with Gasteiger partial charge in [0.05, 0.1) is 11.1 Å². The maximum Gasteiger partial charge on any atom is 0.343 e. The minimum absolute atomic E-state index is 0.0455. The Hall–Kier alpha value is -4.18. The van der Waals surface area contributed by atoms with Crippen molar-refractivity contribution >= 4 is 11.8 Å². The monoisotopic (exact) mass is 448 g/mol. The molecular weight excluding hydrogens is 424 g/mol. The van der Waals surface area contributed by atoms with Gasteiger partial charge in [0, 0.05) is 5.56 Å². The molecule has 8 rings (SSSR count). The van der Waals surface area contributed by atoms with Crippen LogP contribution in [0.15, 0.2) is 91.0 Å². The summed E-state index contributed by atoms with van der Waals surface area (Å²) in [5.74, 6) is 0.0250. The lowest BCUT2D eigenvalue weighted by atomic mass is 9.89. The summed E-state index contributed by atoms with van der Waals surface area (Å²) in [4.78, 5) is 26.0. The molecule has 4 aliphatic rings. The van der Waals surface area contributed by atoms with Gasteiger partial charge in [0.1, 0.15) is 11.5 Å². The molecule has 4 aliphatic carbocycles. The van der Waals surface area contributed by atoms with Crippen LogP contribution in [0.25, 0.3) is 0 Å². The number of rotatable bonds is 4. The number of aromatic hydroxyl groups is 1. The Kier molecular flexibility index (Phi) is 5.96. The van der Waals surface area contributed by atoms with E-state index in [0.717, 1.165) is 16.7 Å². The Balaban J connectivity index is 1.49. The zero-order valence-corrected chi connectivity index (χ0v) is 18.7. The van der Waals surface area contributed by atoms with Crippen LogP contribution in [0.1, 0.15) is 48.5 Å². The van der Waals surface area contributed by atoms with Crippen molar-refractivity contribution in [2.45, 2.75) is 25.7 Å². The third kappa shape index (κ3) is 4.35. The highest BCUT2D eigenvalue weighted by Crippen LogP contribution is 2.33. The van der Waals surface area contributed by atoms with Crippen LogP contribution in [0.2, 0.25) is 0 Å². The lowest BCUT2D eigenvalue weighted by Gasteiger charge is -2.18. The van der Waals surface area contributed by atoms with Crippen molar-refractivity contribution in [3.8, 4) is 11.5 Å². The standard InChI is InChI=1S/C30H24O4/c31-28(23-7-3-1-4-8-23)27-22-14-12-20-11-13-21(15-17-24(18-16-22)29(27)32)26(19-20)34-30(33)25-9-5-2-6-10-25/h1-11,13,16,18-19,32H,12,14-15,17H2. The second-order valence-corrected chi connectivity index (χ2v) is 8.50. The predicted octanol–water partition coefficient (Wildman–Crippen LogP) is 5.73. The van der Waals surface area contributed by atoms with Crippen LogP contribution in [0.4, 0.5) is 0 Å². The Labute approximate surface area is 198 Å². The molecule has 0 spiro atoms. The van der Waals surface area contributed by atoms with Gasteiger partial charge in [-0.25, -0.2) is 4.79 Å². The summed E-state index contributed by atoms with van der Waals surface area (Å²) in [5.41, 5.74) is 4.83. The van der Waals surface area contributed by atoms with Crippen molar-refractivity contribution in [2.24, 2.45) is 0 Å². The normalized spacial score (nSPS) is 12.6. The largest absolute Gasteiger partial charge is 0.507 e. The smallest absolute Gasteiger partial charge is 0.343 e. The van der Waals surface area contributed by atoms with E-state index in [2.05, 4.69) is 0 Å². The number of carbonyl (C=O) groups is 2. The molecule has 0 radical (unpaired) electrons. The fourth-order valence-corrected chi connectivity index (χ4v) is 4.41. The van der Waals surface area contributed by atoms with Gasteiger partial charge < -0.3 is 9.84 Å². The molecule has 1 N–H and O–H groups in total. The van der Waals surface area contributed by atoms with Gasteiger partial charge in [0.2, 0.25) is 0 Å². The lowest BCUT2D eigenvalue weighted by Crippen LogP contribution is -2.12. The topological polar surface area (TPSA) is 63.6 Å². The Morgan fingerprint density at radius 3 is 1.97 bits per heavy atom. The van der Waals surface area contributed by atoms with E-state index < -0.39 is 5.97 Å². The number of hydrogen-bond donors (Lipinski definition) is 1. The van der Waals surface area contributed by atoms with Gasteiger partial charge in [-0.05, 0) is 66.1 Å². The van der Waals surface area contributed by atoms with Crippen molar-refractivity contribution in [1.29, 1.82) is 0 Å². The number of hydrogen-bond acceptors (Lipinski definition) is 4. The van der Waals surface area contributed by atoms with Gasteiger partial charge in [-0.2, -0.15) is 0 Å². The summed E-state index contributed by atoms with van der Waals surface area (Å²) in [6.45, 7) is 0. The average molecular weight is 449 g/mol. The number of ketones is 1. The van der Waals surface area contributed by atoms with Crippen LogP contribution in [0.5, 0.6) is 11.5 Å². The summed E-state index contributed by atoms with van der Waals surface area (Å²) in [6.07, 6.45) is 2.29. The highest BCUT2D eigenvalue weighted by molar-refractivity contribution is 6.11. The van der Waals surface area contributed by atoms with Crippen molar-refractivity contribution in [3.05, 3.63) is 130 Å². The maximum atomic E-state index is 13.3. The zero-order valence-electron chi connectivity index (χ0n) is 18.7. The lowest BCUT2D eigenvalue weighted by molar-refractivity contribution is 0.0732. The number of carbonyl (C=O) groups excluding carboxylic acids is 2. The first-order valence-electron chi connectivity index (χ1n) is 11.4. The van der Waals surface area contributed by atoms with Crippen molar-refractivity contribution < 1.29 is 19.4 Å². The first-order chi connectivity index (χ1) is 16.6. The predicted molar refractivity (Wildman–Crippen MR) is 131 cm³/mol. The first kappa shape index (κ1) is 21.7. The summed E-state index contributed by atoms with van der Waals surface area (Å²) >= 11 is 0. The van der Waals surface area contributed by atoms with Gasteiger partial charge in [-0.1, -0.05) is 72.8 Å². The number of benzene rings is 4. The molecule has 4 heteroatoms. The van der Waals surface area contributed by atoms with Crippen LogP contribution in [-0.2, 0) is 25.7 Å². The summed E-state index contributed by atoms with van der Waals surface area (Å²) in [7, 11) is 0. The van der Waals surface area contributed by atoms with Crippen molar-refractivity contribution in [2.75, 3.05) is 0 Å². The fraction of sp³-hybridized carbons (Fsp3) is 0.133. The van der Waals surface area contributed by atoms with E-state index in [1.165, 1.54) is 0 Å². The van der Waals surface area contributed by atoms with Crippen LogP contribution in [0, 0.1) is 0 Å². The highest BCUT2D eigenvalue weighted by atomic mass is 16.5. The molecule has 4 nitrogen and oxygen atoms in total. The molecule has 0 saturated heterocycles. The van der Waals surface area contributed by atoms with E-state index in [4.69, 9.17) is 4.74 Å². The molecule has 0 unspecified atom stereocenters. The Morgan fingerprint density at radius 1 is 0.647 bits per heavy atom. The second kappa shape index (κ2) is 9.36. The maximum absolute atomic E-state index is 13.3.